The second kappa shape index (κ2) is 7.08. The van der Waals surface area contributed by atoms with Crippen molar-refractivity contribution < 1.29 is 28.2 Å². The predicted octanol–water partition coefficient (Wildman–Crippen LogP) is 0.860. The number of esters is 1. The average molecular weight is 324 g/mol. The number of carbonyl (C=O) groups is 3. The molecule has 1 heterocycles. The van der Waals surface area contributed by atoms with Gasteiger partial charge in [-0.05, 0) is 24.6 Å². The van der Waals surface area contributed by atoms with Gasteiger partial charge in [-0.1, -0.05) is 6.07 Å². The van der Waals surface area contributed by atoms with Gasteiger partial charge in [-0.2, -0.15) is 0 Å². The van der Waals surface area contributed by atoms with Gasteiger partial charge in [0.1, 0.15) is 0 Å². The molecule has 0 spiro atoms. The van der Waals surface area contributed by atoms with Crippen LogP contribution >= 0.6 is 0 Å². The maximum absolute atomic E-state index is 13.6. The van der Waals surface area contributed by atoms with Crippen molar-refractivity contribution in [1.29, 1.82) is 0 Å². The molecule has 1 aromatic carbocycles. The molecule has 2 rings (SSSR count). The Morgan fingerprint density at radius 2 is 2.17 bits per heavy atom. The summed E-state index contributed by atoms with van der Waals surface area (Å²) in [6, 6.07) is 3.60. The van der Waals surface area contributed by atoms with Crippen LogP contribution in [0.15, 0.2) is 18.2 Å². The molecule has 1 unspecified atom stereocenters. The highest BCUT2D eigenvalue weighted by molar-refractivity contribution is 5.98. The Labute approximate surface area is 132 Å². The van der Waals surface area contributed by atoms with E-state index in [1.807, 2.05) is 0 Å². The van der Waals surface area contributed by atoms with E-state index in [0.29, 0.717) is 12.1 Å². The van der Waals surface area contributed by atoms with Crippen LogP contribution in [0.3, 0.4) is 0 Å². The summed E-state index contributed by atoms with van der Waals surface area (Å²) >= 11 is 0. The zero-order valence-electron chi connectivity index (χ0n) is 12.8. The third-order valence-electron chi connectivity index (χ3n) is 3.34. The number of nitrogens with zero attached hydrogens (tertiary/aromatic N) is 1. The minimum absolute atomic E-state index is 0.0747. The summed E-state index contributed by atoms with van der Waals surface area (Å²) in [6.45, 7) is 2.00. The van der Waals surface area contributed by atoms with Crippen LogP contribution in [0.1, 0.15) is 12.5 Å². The summed E-state index contributed by atoms with van der Waals surface area (Å²) in [6.07, 6.45) is -1.28. The first-order valence-corrected chi connectivity index (χ1v) is 7.03. The van der Waals surface area contributed by atoms with Crippen molar-refractivity contribution in [1.82, 2.24) is 10.2 Å². The molecule has 0 bridgehead atoms. The number of halogens is 1. The third kappa shape index (κ3) is 3.97. The molecule has 1 atom stereocenters. The Kier molecular flexibility index (Phi) is 5.15. The molecule has 0 radical (unpaired) electrons. The van der Waals surface area contributed by atoms with E-state index in [4.69, 9.17) is 9.47 Å². The summed E-state index contributed by atoms with van der Waals surface area (Å²) in [4.78, 5) is 36.2. The van der Waals surface area contributed by atoms with E-state index in [2.05, 4.69) is 5.32 Å². The maximum Gasteiger partial charge on any atom is 0.324 e. The Morgan fingerprint density at radius 1 is 1.43 bits per heavy atom. The number of ether oxygens (including phenoxy) is 2. The molecule has 3 amide bonds. The van der Waals surface area contributed by atoms with Gasteiger partial charge in [0.15, 0.2) is 17.7 Å². The number of methoxy groups -OCH3 is 1. The van der Waals surface area contributed by atoms with Gasteiger partial charge < -0.3 is 14.8 Å². The largest absolute Gasteiger partial charge is 0.494 e. The Hall–Kier alpha value is -2.64. The zero-order chi connectivity index (χ0) is 17.0. The van der Waals surface area contributed by atoms with E-state index in [1.165, 1.54) is 32.2 Å². The molecule has 1 aliphatic heterocycles. The van der Waals surface area contributed by atoms with Crippen LogP contribution in [0.5, 0.6) is 5.75 Å². The van der Waals surface area contributed by atoms with Gasteiger partial charge in [0.2, 0.25) is 0 Å². The minimum atomic E-state index is -1.09. The number of benzene rings is 1. The first-order valence-electron chi connectivity index (χ1n) is 7.03. The molecular formula is C15H17FN2O5. The summed E-state index contributed by atoms with van der Waals surface area (Å²) < 4.78 is 23.4. The van der Waals surface area contributed by atoms with E-state index in [9.17, 15) is 18.8 Å². The number of nitrogens with one attached hydrogen (secondary N) is 1. The van der Waals surface area contributed by atoms with Gasteiger partial charge in [-0.25, -0.2) is 9.18 Å². The van der Waals surface area contributed by atoms with Gasteiger partial charge in [0.25, 0.3) is 5.91 Å². The summed E-state index contributed by atoms with van der Waals surface area (Å²) in [5.41, 5.74) is 0.395. The predicted molar refractivity (Wildman–Crippen MR) is 77.3 cm³/mol. The van der Waals surface area contributed by atoms with Gasteiger partial charge in [0.05, 0.1) is 13.5 Å². The van der Waals surface area contributed by atoms with Crippen LogP contribution in [-0.4, -0.2) is 49.1 Å². The first-order chi connectivity index (χ1) is 10.9. The molecule has 1 fully saturated rings. The van der Waals surface area contributed by atoms with Crippen LogP contribution in [0, 0.1) is 5.82 Å². The summed E-state index contributed by atoms with van der Waals surface area (Å²) in [5.74, 6) is -1.79. The maximum atomic E-state index is 13.6. The number of urea groups is 1. The number of imide groups is 1. The quantitative estimate of drug-likeness (QED) is 0.812. The summed E-state index contributed by atoms with van der Waals surface area (Å²) in [5, 5.41) is 2.49. The molecule has 1 N–H and O–H groups in total. The van der Waals surface area contributed by atoms with Crippen LogP contribution < -0.4 is 10.1 Å². The van der Waals surface area contributed by atoms with Crippen molar-refractivity contribution in [2.45, 2.75) is 19.4 Å². The minimum Gasteiger partial charge on any atom is -0.494 e. The molecule has 8 heteroatoms. The SMILES string of the molecule is COc1ccc(CC(=O)OC(C)C(=O)N2CCNC2=O)cc1F. The fourth-order valence-electron chi connectivity index (χ4n) is 2.18. The summed E-state index contributed by atoms with van der Waals surface area (Å²) in [7, 11) is 1.34. The molecule has 23 heavy (non-hydrogen) atoms. The Morgan fingerprint density at radius 3 is 2.74 bits per heavy atom. The fourth-order valence-corrected chi connectivity index (χ4v) is 2.18. The van der Waals surface area contributed by atoms with E-state index >= 15 is 0 Å². The zero-order valence-corrected chi connectivity index (χ0v) is 12.8. The van der Waals surface area contributed by atoms with Crippen molar-refractivity contribution in [3.8, 4) is 5.75 Å². The number of hydrogen-bond acceptors (Lipinski definition) is 5. The topological polar surface area (TPSA) is 84.9 Å². The lowest BCUT2D eigenvalue weighted by molar-refractivity contribution is -0.156. The second-order valence-corrected chi connectivity index (χ2v) is 5.00. The lowest BCUT2D eigenvalue weighted by Crippen LogP contribution is -2.42. The smallest absolute Gasteiger partial charge is 0.324 e. The van der Waals surface area contributed by atoms with Crippen molar-refractivity contribution in [3.63, 3.8) is 0 Å². The molecule has 7 nitrogen and oxygen atoms in total. The van der Waals surface area contributed by atoms with Gasteiger partial charge in [0, 0.05) is 13.1 Å². The molecule has 1 aliphatic rings. The van der Waals surface area contributed by atoms with Gasteiger partial charge in [-0.15, -0.1) is 0 Å². The normalized spacial score (nSPS) is 15.1. The molecule has 0 aliphatic carbocycles. The van der Waals surface area contributed by atoms with E-state index in [0.717, 1.165) is 4.90 Å². The van der Waals surface area contributed by atoms with Gasteiger partial charge in [-0.3, -0.25) is 14.5 Å². The molecule has 1 saturated heterocycles. The van der Waals surface area contributed by atoms with E-state index in [1.54, 1.807) is 0 Å². The number of hydrogen-bond donors (Lipinski definition) is 1. The number of amides is 3. The lowest BCUT2D eigenvalue weighted by Gasteiger charge is -2.18. The average Bonchev–Trinajstić information content (AvgIpc) is 2.92. The molecule has 124 valence electrons. The second-order valence-electron chi connectivity index (χ2n) is 5.00. The van der Waals surface area contributed by atoms with Crippen LogP contribution in [0.2, 0.25) is 0 Å². The number of rotatable bonds is 5. The molecular weight excluding hydrogens is 307 g/mol. The van der Waals surface area contributed by atoms with Crippen molar-refractivity contribution in [2.75, 3.05) is 20.2 Å². The van der Waals surface area contributed by atoms with Crippen molar-refractivity contribution >= 4 is 17.9 Å². The first kappa shape index (κ1) is 16.7. The Balaban J connectivity index is 1.92. The van der Waals surface area contributed by atoms with Crippen LogP contribution in [-0.2, 0) is 20.7 Å². The molecule has 1 aromatic rings. The highest BCUT2D eigenvalue weighted by Crippen LogP contribution is 2.18. The van der Waals surface area contributed by atoms with Crippen molar-refractivity contribution in [2.24, 2.45) is 0 Å². The number of carbonyl (C=O) groups excluding carboxylic acids is 3. The standard InChI is InChI=1S/C15H17FN2O5/c1-9(14(20)18-6-5-17-15(18)21)23-13(19)8-10-3-4-12(22-2)11(16)7-10/h3-4,7,9H,5-6,8H2,1-2H3,(H,17,21). The highest BCUT2D eigenvalue weighted by atomic mass is 19.1. The fraction of sp³-hybridized carbons (Fsp3) is 0.400. The van der Waals surface area contributed by atoms with Crippen LogP contribution in [0.25, 0.3) is 0 Å². The Bertz CT molecular complexity index is 634. The van der Waals surface area contributed by atoms with E-state index < -0.39 is 29.8 Å². The molecule has 0 saturated carbocycles. The van der Waals surface area contributed by atoms with Gasteiger partial charge >= 0.3 is 12.0 Å². The molecule has 0 aromatic heterocycles. The van der Waals surface area contributed by atoms with Crippen LogP contribution in [0.4, 0.5) is 9.18 Å². The monoisotopic (exact) mass is 324 g/mol. The third-order valence-corrected chi connectivity index (χ3v) is 3.34. The lowest BCUT2D eigenvalue weighted by atomic mass is 10.1. The van der Waals surface area contributed by atoms with Crippen molar-refractivity contribution in [3.05, 3.63) is 29.6 Å². The highest BCUT2D eigenvalue weighted by Gasteiger charge is 2.31. The van der Waals surface area contributed by atoms with E-state index in [-0.39, 0.29) is 18.7 Å².